The molecule has 27 heavy (non-hydrogen) atoms. The van der Waals surface area contributed by atoms with Gasteiger partial charge in [0.2, 0.25) is 0 Å². The zero-order valence-electron chi connectivity index (χ0n) is 15.5. The molecule has 0 aliphatic carbocycles. The van der Waals surface area contributed by atoms with Gasteiger partial charge in [-0.15, -0.1) is 0 Å². The van der Waals surface area contributed by atoms with E-state index in [0.29, 0.717) is 10.9 Å². The molecule has 0 radical (unpaired) electrons. The van der Waals surface area contributed by atoms with Gasteiger partial charge in [0.25, 0.3) is 5.56 Å². The average Bonchev–Trinajstić information content (AvgIpc) is 3.31. The van der Waals surface area contributed by atoms with Crippen molar-refractivity contribution >= 4 is 10.9 Å². The first-order valence-corrected chi connectivity index (χ1v) is 9.44. The van der Waals surface area contributed by atoms with Crippen LogP contribution in [-0.4, -0.2) is 44.4 Å². The number of benzene rings is 1. The summed E-state index contributed by atoms with van der Waals surface area (Å²) in [6, 6.07) is 9.43. The summed E-state index contributed by atoms with van der Waals surface area (Å²) in [4.78, 5) is 20.1. The van der Waals surface area contributed by atoms with Crippen LogP contribution in [0.15, 0.2) is 39.6 Å². The maximum Gasteiger partial charge on any atom is 0.261 e. The minimum Gasteiger partial charge on any atom is -0.395 e. The van der Waals surface area contributed by atoms with Crippen LogP contribution in [0.3, 0.4) is 0 Å². The van der Waals surface area contributed by atoms with Crippen LogP contribution in [0, 0.1) is 6.92 Å². The third kappa shape index (κ3) is 3.52. The molecule has 7 nitrogen and oxygen atoms in total. The SMILES string of the molecule is Cc1cc(CCN2CCCC2c2nc3ccccc3c(=O)n2CCO)on1. The molecule has 0 amide bonds. The zero-order valence-corrected chi connectivity index (χ0v) is 15.5. The number of likely N-dealkylation sites (tertiary alicyclic amines) is 1. The van der Waals surface area contributed by atoms with E-state index in [1.54, 1.807) is 10.6 Å². The molecule has 0 spiro atoms. The topological polar surface area (TPSA) is 84.4 Å². The van der Waals surface area contributed by atoms with Gasteiger partial charge in [0.15, 0.2) is 0 Å². The van der Waals surface area contributed by atoms with Crippen molar-refractivity contribution in [3.63, 3.8) is 0 Å². The van der Waals surface area contributed by atoms with E-state index >= 15 is 0 Å². The van der Waals surface area contributed by atoms with Gasteiger partial charge in [-0.05, 0) is 38.4 Å². The Hall–Kier alpha value is -2.51. The Morgan fingerprint density at radius 2 is 2.15 bits per heavy atom. The van der Waals surface area contributed by atoms with Crippen LogP contribution < -0.4 is 5.56 Å². The largest absolute Gasteiger partial charge is 0.395 e. The van der Waals surface area contributed by atoms with Crippen LogP contribution in [0.4, 0.5) is 0 Å². The van der Waals surface area contributed by atoms with Crippen molar-refractivity contribution in [2.75, 3.05) is 19.7 Å². The van der Waals surface area contributed by atoms with Gasteiger partial charge in [-0.25, -0.2) is 4.98 Å². The molecule has 3 heterocycles. The molecule has 1 fully saturated rings. The summed E-state index contributed by atoms with van der Waals surface area (Å²) < 4.78 is 6.97. The Bertz CT molecular complexity index is 994. The standard InChI is InChI=1S/C20H24N4O3/c1-14-13-15(27-22-14)8-10-23-9-4-7-18(23)19-21-17-6-3-2-5-16(17)20(26)24(19)11-12-25/h2-3,5-6,13,18,25H,4,7-12H2,1H3. The number of aryl methyl sites for hydroxylation is 1. The first-order valence-electron chi connectivity index (χ1n) is 9.44. The molecule has 4 rings (SSSR count). The maximum absolute atomic E-state index is 13.0. The number of aromatic nitrogens is 3. The summed E-state index contributed by atoms with van der Waals surface area (Å²) in [5, 5.41) is 14.0. The van der Waals surface area contributed by atoms with Crippen LogP contribution >= 0.6 is 0 Å². The normalized spacial score (nSPS) is 17.8. The predicted molar refractivity (Wildman–Crippen MR) is 102 cm³/mol. The molecule has 3 aromatic rings. The van der Waals surface area contributed by atoms with Gasteiger partial charge in [0, 0.05) is 19.0 Å². The molecule has 0 bridgehead atoms. The van der Waals surface area contributed by atoms with Crippen molar-refractivity contribution in [2.24, 2.45) is 0 Å². The van der Waals surface area contributed by atoms with E-state index in [1.165, 1.54) is 0 Å². The molecule has 1 N–H and O–H groups in total. The average molecular weight is 368 g/mol. The summed E-state index contributed by atoms with van der Waals surface area (Å²) in [7, 11) is 0. The van der Waals surface area contributed by atoms with Crippen molar-refractivity contribution in [1.29, 1.82) is 0 Å². The highest BCUT2D eigenvalue weighted by atomic mass is 16.5. The zero-order chi connectivity index (χ0) is 18.8. The number of hydrogen-bond donors (Lipinski definition) is 1. The molecule has 1 atom stereocenters. The fourth-order valence-corrected chi connectivity index (χ4v) is 3.93. The highest BCUT2D eigenvalue weighted by molar-refractivity contribution is 5.77. The Kier molecular flexibility index (Phi) is 5.05. The number of fused-ring (bicyclic) bond motifs is 1. The van der Waals surface area contributed by atoms with E-state index in [2.05, 4.69) is 10.1 Å². The lowest BCUT2D eigenvalue weighted by molar-refractivity contribution is 0.226. The fraction of sp³-hybridized carbons (Fsp3) is 0.450. The van der Waals surface area contributed by atoms with Gasteiger partial charge in [-0.1, -0.05) is 17.3 Å². The second kappa shape index (κ2) is 7.62. The lowest BCUT2D eigenvalue weighted by atomic mass is 10.1. The molecule has 1 saturated heterocycles. The van der Waals surface area contributed by atoms with Gasteiger partial charge in [-0.3, -0.25) is 14.3 Å². The lowest BCUT2D eigenvalue weighted by Gasteiger charge is -2.26. The Balaban J connectivity index is 1.66. The molecular weight excluding hydrogens is 344 g/mol. The summed E-state index contributed by atoms with van der Waals surface area (Å²) in [5.74, 6) is 1.62. The third-order valence-electron chi connectivity index (χ3n) is 5.20. The molecule has 1 aromatic carbocycles. The molecule has 7 heteroatoms. The first-order chi connectivity index (χ1) is 13.2. The number of nitrogens with zero attached hydrogens (tertiary/aromatic N) is 4. The number of hydrogen-bond acceptors (Lipinski definition) is 6. The summed E-state index contributed by atoms with van der Waals surface area (Å²) in [6.07, 6.45) is 2.78. The van der Waals surface area contributed by atoms with E-state index in [9.17, 15) is 9.90 Å². The van der Waals surface area contributed by atoms with Gasteiger partial charge in [0.05, 0.1) is 35.8 Å². The van der Waals surface area contributed by atoms with Gasteiger partial charge >= 0.3 is 0 Å². The van der Waals surface area contributed by atoms with E-state index in [0.717, 1.165) is 49.6 Å². The minimum absolute atomic E-state index is 0.0675. The summed E-state index contributed by atoms with van der Waals surface area (Å²) in [5.41, 5.74) is 1.52. The highest BCUT2D eigenvalue weighted by Gasteiger charge is 2.30. The molecule has 1 aliphatic rings. The second-order valence-electron chi connectivity index (χ2n) is 7.05. The number of aliphatic hydroxyl groups is 1. The molecular formula is C20H24N4O3. The van der Waals surface area contributed by atoms with Crippen molar-refractivity contribution in [2.45, 2.75) is 38.8 Å². The van der Waals surface area contributed by atoms with E-state index < -0.39 is 0 Å². The third-order valence-corrected chi connectivity index (χ3v) is 5.20. The quantitative estimate of drug-likeness (QED) is 0.717. The smallest absolute Gasteiger partial charge is 0.261 e. The maximum atomic E-state index is 13.0. The first kappa shape index (κ1) is 17.9. The number of rotatable bonds is 6. The molecule has 1 aliphatic heterocycles. The summed E-state index contributed by atoms with van der Waals surface area (Å²) in [6.45, 7) is 3.87. The van der Waals surface area contributed by atoms with E-state index in [1.807, 2.05) is 31.2 Å². The molecule has 2 aromatic heterocycles. The lowest BCUT2D eigenvalue weighted by Crippen LogP contribution is -2.33. The van der Waals surface area contributed by atoms with E-state index in [-0.39, 0.29) is 24.8 Å². The van der Waals surface area contributed by atoms with Crippen LogP contribution in [0.25, 0.3) is 10.9 Å². The second-order valence-corrected chi connectivity index (χ2v) is 7.05. The van der Waals surface area contributed by atoms with Crippen LogP contribution in [0.1, 0.15) is 36.2 Å². The van der Waals surface area contributed by atoms with Crippen molar-refractivity contribution in [3.8, 4) is 0 Å². The molecule has 0 saturated carbocycles. The van der Waals surface area contributed by atoms with Crippen LogP contribution in [-0.2, 0) is 13.0 Å². The van der Waals surface area contributed by atoms with Crippen molar-refractivity contribution < 1.29 is 9.63 Å². The van der Waals surface area contributed by atoms with Gasteiger partial charge in [0.1, 0.15) is 11.6 Å². The number of aliphatic hydroxyl groups excluding tert-OH is 1. The number of para-hydroxylation sites is 1. The predicted octanol–water partition coefficient (Wildman–Crippen LogP) is 2.06. The monoisotopic (exact) mass is 368 g/mol. The Labute approximate surface area is 157 Å². The molecule has 142 valence electrons. The van der Waals surface area contributed by atoms with E-state index in [4.69, 9.17) is 9.51 Å². The Morgan fingerprint density at radius 3 is 2.93 bits per heavy atom. The van der Waals surface area contributed by atoms with Crippen LogP contribution in [0.5, 0.6) is 0 Å². The van der Waals surface area contributed by atoms with Gasteiger partial charge in [-0.2, -0.15) is 0 Å². The Morgan fingerprint density at radius 1 is 1.30 bits per heavy atom. The van der Waals surface area contributed by atoms with Crippen molar-refractivity contribution in [1.82, 2.24) is 19.6 Å². The fourth-order valence-electron chi connectivity index (χ4n) is 3.93. The molecule has 1 unspecified atom stereocenters. The highest BCUT2D eigenvalue weighted by Crippen LogP contribution is 2.31. The minimum atomic E-state index is -0.0863. The van der Waals surface area contributed by atoms with Crippen LogP contribution in [0.2, 0.25) is 0 Å². The summed E-state index contributed by atoms with van der Waals surface area (Å²) >= 11 is 0. The van der Waals surface area contributed by atoms with Gasteiger partial charge < -0.3 is 9.63 Å². The van der Waals surface area contributed by atoms with Crippen molar-refractivity contribution in [3.05, 3.63) is 58.0 Å².